The molecule has 0 aromatic carbocycles. The highest BCUT2D eigenvalue weighted by Crippen LogP contribution is 2.15. The van der Waals surface area contributed by atoms with Crippen LogP contribution in [0.1, 0.15) is 19.3 Å². The summed E-state index contributed by atoms with van der Waals surface area (Å²) in [6, 6.07) is 0.452. The fourth-order valence-corrected chi connectivity index (χ4v) is 1.86. The predicted molar refractivity (Wildman–Crippen MR) is 56.2 cm³/mol. The van der Waals surface area contributed by atoms with Gasteiger partial charge in [-0.15, -0.1) is 0 Å². The molecule has 1 N–H and O–H groups in total. The molecule has 0 radical (unpaired) electrons. The maximum absolute atomic E-state index is 12.6. The molecule has 1 aromatic rings. The minimum absolute atomic E-state index is 0.434. The van der Waals surface area contributed by atoms with Gasteiger partial charge in [0.1, 0.15) is 5.82 Å². The van der Waals surface area contributed by atoms with Gasteiger partial charge in [-0.25, -0.2) is 4.98 Å². The van der Waals surface area contributed by atoms with E-state index in [1.54, 1.807) is 0 Å². The van der Waals surface area contributed by atoms with Crippen LogP contribution in [0.3, 0.4) is 0 Å². The quantitative estimate of drug-likeness (QED) is 0.821. The molecule has 0 saturated carbocycles. The molecule has 1 fully saturated rings. The van der Waals surface area contributed by atoms with Gasteiger partial charge in [0.2, 0.25) is 0 Å². The molecule has 6 heteroatoms. The van der Waals surface area contributed by atoms with Crippen LogP contribution in [-0.2, 0) is 6.54 Å². The Morgan fingerprint density at radius 1 is 1.62 bits per heavy atom. The largest absolute Gasteiger partial charge is 0.319 e. The summed E-state index contributed by atoms with van der Waals surface area (Å²) in [5, 5.41) is 3.18. The summed E-state index contributed by atoms with van der Waals surface area (Å²) in [5.74, 6) is 0.434. The van der Waals surface area contributed by atoms with Gasteiger partial charge in [0.15, 0.2) is 0 Å². The first kappa shape index (κ1) is 11.5. The number of aromatic nitrogens is 2. The van der Waals surface area contributed by atoms with Crippen LogP contribution < -0.4 is 5.32 Å². The van der Waals surface area contributed by atoms with E-state index in [4.69, 9.17) is 0 Å². The molecule has 90 valence electrons. The van der Waals surface area contributed by atoms with Crippen LogP contribution in [0, 0.1) is 0 Å². The molecule has 0 aliphatic carbocycles. The Morgan fingerprint density at radius 2 is 2.38 bits per heavy atom. The molecule has 0 bridgehead atoms. The minimum Gasteiger partial charge on any atom is -0.314 e. The number of rotatable bonds is 5. The standard InChI is InChI=1S/C10H16F2N4/c1-2-15(8-5-13-6-8)7-9-14-3-4-16(9)10(11)12/h3-4,8,10,13H,2,5-7H2,1H3. The zero-order valence-corrected chi connectivity index (χ0v) is 9.24. The molecule has 2 heterocycles. The van der Waals surface area contributed by atoms with Gasteiger partial charge in [0, 0.05) is 31.5 Å². The van der Waals surface area contributed by atoms with Crippen molar-refractivity contribution in [1.29, 1.82) is 0 Å². The van der Waals surface area contributed by atoms with E-state index >= 15 is 0 Å². The van der Waals surface area contributed by atoms with Crippen LogP contribution in [0.15, 0.2) is 12.4 Å². The Hall–Kier alpha value is -1.01. The van der Waals surface area contributed by atoms with Crippen LogP contribution in [0.4, 0.5) is 8.78 Å². The van der Waals surface area contributed by atoms with E-state index in [0.717, 1.165) is 24.2 Å². The molecule has 1 aliphatic rings. The molecule has 1 aliphatic heterocycles. The van der Waals surface area contributed by atoms with E-state index in [2.05, 4.69) is 15.2 Å². The molecule has 0 atom stereocenters. The first-order valence-electron chi connectivity index (χ1n) is 5.47. The van der Waals surface area contributed by atoms with Crippen molar-refractivity contribution in [3.63, 3.8) is 0 Å². The van der Waals surface area contributed by atoms with E-state index in [1.165, 1.54) is 12.4 Å². The van der Waals surface area contributed by atoms with Gasteiger partial charge >= 0.3 is 6.55 Å². The van der Waals surface area contributed by atoms with Crippen molar-refractivity contribution in [2.45, 2.75) is 26.1 Å². The number of alkyl halides is 2. The smallest absolute Gasteiger partial charge is 0.314 e. The number of hydrogen-bond acceptors (Lipinski definition) is 3. The summed E-state index contributed by atoms with van der Waals surface area (Å²) in [6.45, 7) is 2.74. The van der Waals surface area contributed by atoms with Crippen molar-refractivity contribution in [3.05, 3.63) is 18.2 Å². The molecule has 4 nitrogen and oxygen atoms in total. The molecule has 1 aromatic heterocycles. The molecular weight excluding hydrogens is 214 g/mol. The lowest BCUT2D eigenvalue weighted by molar-refractivity contribution is 0.0603. The second-order valence-electron chi connectivity index (χ2n) is 3.90. The Kier molecular flexibility index (Phi) is 3.50. The summed E-state index contributed by atoms with van der Waals surface area (Å²) >= 11 is 0. The van der Waals surface area contributed by atoms with Crippen LogP contribution in [0.5, 0.6) is 0 Å². The predicted octanol–water partition coefficient (Wildman–Crippen LogP) is 1.07. The molecule has 0 unspecified atom stereocenters. The average Bonchev–Trinajstić information content (AvgIpc) is 2.62. The first-order valence-corrected chi connectivity index (χ1v) is 5.47. The van der Waals surface area contributed by atoms with Crippen molar-refractivity contribution in [2.75, 3.05) is 19.6 Å². The first-order chi connectivity index (χ1) is 7.72. The highest BCUT2D eigenvalue weighted by molar-refractivity contribution is 4.95. The van der Waals surface area contributed by atoms with Gasteiger partial charge in [-0.2, -0.15) is 8.78 Å². The SMILES string of the molecule is CCN(Cc1nccn1C(F)F)C1CNC1. The van der Waals surface area contributed by atoms with Crippen LogP contribution in [-0.4, -0.2) is 40.1 Å². The fraction of sp³-hybridized carbons (Fsp3) is 0.700. The normalized spacial score (nSPS) is 17.1. The maximum Gasteiger partial charge on any atom is 0.319 e. The zero-order valence-electron chi connectivity index (χ0n) is 9.24. The number of halogens is 2. The third kappa shape index (κ3) is 2.22. The van der Waals surface area contributed by atoms with E-state index in [9.17, 15) is 8.78 Å². The van der Waals surface area contributed by atoms with E-state index in [1.807, 2.05) is 6.92 Å². The number of nitrogens with one attached hydrogen (secondary N) is 1. The number of imidazole rings is 1. The summed E-state index contributed by atoms with van der Waals surface area (Å²) in [7, 11) is 0. The van der Waals surface area contributed by atoms with E-state index in [0.29, 0.717) is 18.4 Å². The van der Waals surface area contributed by atoms with Crippen LogP contribution in [0.25, 0.3) is 0 Å². The summed E-state index contributed by atoms with van der Waals surface area (Å²) < 4.78 is 26.1. The van der Waals surface area contributed by atoms with Gasteiger partial charge in [-0.3, -0.25) is 9.47 Å². The van der Waals surface area contributed by atoms with Gasteiger partial charge in [0.05, 0.1) is 6.54 Å². The molecule has 16 heavy (non-hydrogen) atoms. The van der Waals surface area contributed by atoms with Gasteiger partial charge in [-0.1, -0.05) is 6.92 Å². The average molecular weight is 230 g/mol. The van der Waals surface area contributed by atoms with Crippen molar-refractivity contribution < 1.29 is 8.78 Å². The highest BCUT2D eigenvalue weighted by Gasteiger charge is 2.25. The Bertz CT molecular complexity index is 335. The van der Waals surface area contributed by atoms with Crippen molar-refractivity contribution in [2.24, 2.45) is 0 Å². The number of likely N-dealkylation sites (N-methyl/N-ethyl adjacent to an activating group) is 1. The maximum atomic E-state index is 12.6. The fourth-order valence-electron chi connectivity index (χ4n) is 1.86. The zero-order chi connectivity index (χ0) is 11.5. The topological polar surface area (TPSA) is 33.1 Å². The molecule has 0 spiro atoms. The highest BCUT2D eigenvalue weighted by atomic mass is 19.3. The van der Waals surface area contributed by atoms with E-state index < -0.39 is 6.55 Å². The Morgan fingerprint density at radius 3 is 2.88 bits per heavy atom. The second-order valence-corrected chi connectivity index (χ2v) is 3.90. The third-order valence-corrected chi connectivity index (χ3v) is 2.99. The molecule has 2 rings (SSSR count). The van der Waals surface area contributed by atoms with Crippen LogP contribution in [0.2, 0.25) is 0 Å². The van der Waals surface area contributed by atoms with E-state index in [-0.39, 0.29) is 0 Å². The van der Waals surface area contributed by atoms with Crippen molar-refractivity contribution in [3.8, 4) is 0 Å². The lowest BCUT2D eigenvalue weighted by Crippen LogP contribution is -2.56. The van der Waals surface area contributed by atoms with Crippen LogP contribution >= 0.6 is 0 Å². The van der Waals surface area contributed by atoms with Gasteiger partial charge in [0.25, 0.3) is 0 Å². The number of hydrogen-bond donors (Lipinski definition) is 1. The molecule has 1 saturated heterocycles. The summed E-state index contributed by atoms with van der Waals surface area (Å²) in [5.41, 5.74) is 0. The minimum atomic E-state index is -2.50. The summed E-state index contributed by atoms with van der Waals surface area (Å²) in [4.78, 5) is 6.15. The molecular formula is C10H16F2N4. The third-order valence-electron chi connectivity index (χ3n) is 2.99. The lowest BCUT2D eigenvalue weighted by atomic mass is 10.1. The van der Waals surface area contributed by atoms with Gasteiger partial charge in [-0.05, 0) is 6.54 Å². The lowest BCUT2D eigenvalue weighted by Gasteiger charge is -2.37. The van der Waals surface area contributed by atoms with Crippen molar-refractivity contribution >= 4 is 0 Å². The number of nitrogens with zero attached hydrogens (tertiary/aromatic N) is 3. The molecule has 0 amide bonds. The monoisotopic (exact) mass is 230 g/mol. The summed E-state index contributed by atoms with van der Waals surface area (Å²) in [6.07, 6.45) is 2.75. The Labute approximate surface area is 93.3 Å². The van der Waals surface area contributed by atoms with Gasteiger partial charge < -0.3 is 5.32 Å². The Balaban J connectivity index is 2.03. The second kappa shape index (κ2) is 4.88. The van der Waals surface area contributed by atoms with Crippen molar-refractivity contribution in [1.82, 2.24) is 19.8 Å².